The maximum atomic E-state index is 13.6. The number of benzene rings is 1. The lowest BCUT2D eigenvalue weighted by molar-refractivity contribution is 0.112. The number of pyridine rings is 1. The maximum Gasteiger partial charge on any atom is 0.220 e. The van der Waals surface area contributed by atoms with Crippen molar-refractivity contribution in [3.8, 4) is 11.1 Å². The van der Waals surface area contributed by atoms with E-state index < -0.39 is 5.95 Å². The minimum Gasteiger partial charge on any atom is -0.298 e. The van der Waals surface area contributed by atoms with E-state index in [0.29, 0.717) is 11.8 Å². The van der Waals surface area contributed by atoms with Gasteiger partial charge in [-0.15, -0.1) is 0 Å². The van der Waals surface area contributed by atoms with E-state index in [1.54, 1.807) is 0 Å². The lowest BCUT2D eigenvalue weighted by atomic mass is 10.1. The third kappa shape index (κ3) is 2.48. The molecule has 0 bridgehead atoms. The predicted octanol–water partition coefficient (Wildman–Crippen LogP) is 4.66. The Morgan fingerprint density at radius 1 is 1.00 bits per heavy atom. The first-order valence-corrected chi connectivity index (χ1v) is 5.92. The number of nitrogens with zero attached hydrogens (tertiary/aromatic N) is 1. The average Bonchev–Trinajstić information content (AvgIpc) is 2.35. The highest BCUT2D eigenvalue weighted by molar-refractivity contribution is 6.44. The van der Waals surface area contributed by atoms with Gasteiger partial charge < -0.3 is 0 Å². The van der Waals surface area contributed by atoms with Crippen LogP contribution in [-0.4, -0.2) is 11.3 Å². The van der Waals surface area contributed by atoms with Gasteiger partial charge in [0, 0.05) is 22.9 Å². The van der Waals surface area contributed by atoms with Gasteiger partial charge in [0.2, 0.25) is 5.95 Å². The Kier molecular flexibility index (Phi) is 3.85. The van der Waals surface area contributed by atoms with Crippen LogP contribution in [0.2, 0.25) is 15.1 Å². The normalized spacial score (nSPS) is 10.4. The smallest absolute Gasteiger partial charge is 0.220 e. The van der Waals surface area contributed by atoms with Crippen LogP contribution >= 0.6 is 34.8 Å². The van der Waals surface area contributed by atoms with Crippen molar-refractivity contribution in [2.24, 2.45) is 0 Å². The molecule has 0 aliphatic heterocycles. The number of aldehydes is 1. The molecule has 2 nitrogen and oxygen atoms in total. The second kappa shape index (κ2) is 5.22. The summed E-state index contributed by atoms with van der Waals surface area (Å²) in [6.07, 6.45) is 1.71. The highest BCUT2D eigenvalue weighted by Gasteiger charge is 2.13. The molecule has 0 aliphatic carbocycles. The third-order valence-electron chi connectivity index (χ3n) is 2.30. The van der Waals surface area contributed by atoms with E-state index in [1.165, 1.54) is 18.2 Å². The van der Waals surface area contributed by atoms with Crippen molar-refractivity contribution in [3.63, 3.8) is 0 Å². The Morgan fingerprint density at radius 2 is 1.67 bits per heavy atom. The number of aromatic nitrogens is 1. The van der Waals surface area contributed by atoms with Crippen molar-refractivity contribution in [2.75, 3.05) is 0 Å². The van der Waals surface area contributed by atoms with E-state index in [4.69, 9.17) is 34.8 Å². The summed E-state index contributed by atoms with van der Waals surface area (Å²) in [6, 6.07) is 4.19. The van der Waals surface area contributed by atoms with Crippen LogP contribution in [0.3, 0.4) is 0 Å². The molecule has 1 aromatic heterocycles. The number of carbonyl (C=O) groups excluding carboxylic acids is 1. The SMILES string of the molecule is O=Cc1cnc(F)c(-c2cc(Cl)c(Cl)cc2Cl)c1. The van der Waals surface area contributed by atoms with Gasteiger partial charge >= 0.3 is 0 Å². The molecule has 0 unspecified atom stereocenters. The molecule has 0 aliphatic rings. The van der Waals surface area contributed by atoms with Gasteiger partial charge in [-0.25, -0.2) is 4.98 Å². The summed E-state index contributed by atoms with van der Waals surface area (Å²) >= 11 is 17.6. The second-order valence-electron chi connectivity index (χ2n) is 3.47. The lowest BCUT2D eigenvalue weighted by Crippen LogP contribution is -1.93. The Morgan fingerprint density at radius 3 is 2.33 bits per heavy atom. The highest BCUT2D eigenvalue weighted by Crippen LogP contribution is 2.36. The van der Waals surface area contributed by atoms with Crippen molar-refractivity contribution in [1.29, 1.82) is 0 Å². The molecule has 2 aromatic rings. The van der Waals surface area contributed by atoms with Crippen molar-refractivity contribution in [2.45, 2.75) is 0 Å². The zero-order valence-corrected chi connectivity index (χ0v) is 11.0. The van der Waals surface area contributed by atoms with Gasteiger partial charge in [0.15, 0.2) is 6.29 Å². The summed E-state index contributed by atoms with van der Waals surface area (Å²) in [5, 5.41) is 0.741. The Balaban J connectivity index is 2.68. The Hall–Kier alpha value is -1.16. The van der Waals surface area contributed by atoms with Crippen LogP contribution in [0.1, 0.15) is 10.4 Å². The molecule has 0 N–H and O–H groups in total. The summed E-state index contributed by atoms with van der Waals surface area (Å²) in [5.74, 6) is -0.735. The fourth-order valence-corrected chi connectivity index (χ4v) is 2.10. The molecular formula is C12H5Cl3FNO. The zero-order chi connectivity index (χ0) is 13.3. The fourth-order valence-electron chi connectivity index (χ4n) is 1.45. The second-order valence-corrected chi connectivity index (χ2v) is 4.69. The van der Waals surface area contributed by atoms with E-state index in [0.717, 1.165) is 6.20 Å². The van der Waals surface area contributed by atoms with Crippen LogP contribution in [0.4, 0.5) is 4.39 Å². The fraction of sp³-hybridized carbons (Fsp3) is 0. The number of halogens is 4. The van der Waals surface area contributed by atoms with E-state index in [2.05, 4.69) is 4.98 Å². The average molecular weight is 305 g/mol. The molecule has 2 rings (SSSR count). The van der Waals surface area contributed by atoms with Crippen LogP contribution < -0.4 is 0 Å². The first-order valence-electron chi connectivity index (χ1n) is 4.78. The standard InChI is InChI=1S/C12H5Cl3FNO/c13-9-3-11(15)10(14)2-7(9)8-1-6(5-18)4-17-12(8)16/h1-5H. The minimum atomic E-state index is -0.735. The zero-order valence-electron chi connectivity index (χ0n) is 8.75. The molecule has 0 saturated carbocycles. The first-order chi connectivity index (χ1) is 8.52. The molecule has 0 saturated heterocycles. The van der Waals surface area contributed by atoms with Gasteiger partial charge in [-0.1, -0.05) is 34.8 Å². The van der Waals surface area contributed by atoms with Gasteiger partial charge in [-0.05, 0) is 18.2 Å². The molecule has 92 valence electrons. The summed E-state index contributed by atoms with van der Waals surface area (Å²) in [4.78, 5) is 14.2. The van der Waals surface area contributed by atoms with Crippen molar-refractivity contribution in [1.82, 2.24) is 4.98 Å². The lowest BCUT2D eigenvalue weighted by Gasteiger charge is -2.07. The molecule has 0 fully saturated rings. The molecule has 0 amide bonds. The van der Waals surface area contributed by atoms with Crippen LogP contribution in [0, 0.1) is 5.95 Å². The Labute approximate surface area is 117 Å². The number of rotatable bonds is 2. The van der Waals surface area contributed by atoms with Crippen molar-refractivity contribution >= 4 is 41.1 Å². The van der Waals surface area contributed by atoms with Gasteiger partial charge in [0.1, 0.15) is 0 Å². The Bertz CT molecular complexity index is 631. The van der Waals surface area contributed by atoms with Gasteiger partial charge in [-0.2, -0.15) is 4.39 Å². The van der Waals surface area contributed by atoms with Gasteiger partial charge in [0.05, 0.1) is 15.1 Å². The van der Waals surface area contributed by atoms with E-state index in [-0.39, 0.29) is 26.2 Å². The summed E-state index contributed by atoms with van der Waals surface area (Å²) < 4.78 is 13.6. The molecule has 18 heavy (non-hydrogen) atoms. The monoisotopic (exact) mass is 303 g/mol. The maximum absolute atomic E-state index is 13.6. The molecule has 0 spiro atoms. The molecule has 0 radical (unpaired) electrons. The molecule has 6 heteroatoms. The minimum absolute atomic E-state index is 0.100. The first kappa shape index (κ1) is 13.3. The predicted molar refractivity (Wildman–Crippen MR) is 70.0 cm³/mol. The molecule has 1 heterocycles. The molecule has 0 atom stereocenters. The summed E-state index contributed by atoms with van der Waals surface area (Å²) in [7, 11) is 0. The van der Waals surface area contributed by atoms with Crippen molar-refractivity contribution in [3.05, 3.63) is 51.0 Å². The van der Waals surface area contributed by atoms with Gasteiger partial charge in [-0.3, -0.25) is 4.79 Å². The summed E-state index contributed by atoms with van der Waals surface area (Å²) in [5.41, 5.74) is 0.677. The quantitative estimate of drug-likeness (QED) is 0.459. The summed E-state index contributed by atoms with van der Waals surface area (Å²) in [6.45, 7) is 0. The number of hydrogen-bond donors (Lipinski definition) is 0. The van der Waals surface area contributed by atoms with E-state index >= 15 is 0 Å². The number of carbonyl (C=O) groups is 1. The van der Waals surface area contributed by atoms with Crippen LogP contribution in [-0.2, 0) is 0 Å². The van der Waals surface area contributed by atoms with Crippen molar-refractivity contribution < 1.29 is 9.18 Å². The van der Waals surface area contributed by atoms with Gasteiger partial charge in [0.25, 0.3) is 0 Å². The number of hydrogen-bond acceptors (Lipinski definition) is 2. The van der Waals surface area contributed by atoms with Crippen LogP contribution in [0.25, 0.3) is 11.1 Å². The van der Waals surface area contributed by atoms with E-state index in [9.17, 15) is 9.18 Å². The topological polar surface area (TPSA) is 30.0 Å². The third-order valence-corrected chi connectivity index (χ3v) is 3.33. The van der Waals surface area contributed by atoms with E-state index in [1.807, 2.05) is 0 Å². The van der Waals surface area contributed by atoms with Crippen LogP contribution in [0.15, 0.2) is 24.4 Å². The molecule has 1 aromatic carbocycles. The largest absolute Gasteiger partial charge is 0.298 e. The highest BCUT2D eigenvalue weighted by atomic mass is 35.5. The van der Waals surface area contributed by atoms with Crippen LogP contribution in [0.5, 0.6) is 0 Å². The molecular weight excluding hydrogens is 299 g/mol.